The number of hydrogen-bond donors (Lipinski definition) is 0. The molecule has 0 bridgehead atoms. The summed E-state index contributed by atoms with van der Waals surface area (Å²) in [6, 6.07) is 78.0. The highest BCUT2D eigenvalue weighted by Gasteiger charge is 2.23. The maximum atomic E-state index is 5.47. The maximum Gasteiger partial charge on any atom is 0.138 e. The number of aromatic nitrogens is 6. The molecule has 14 rings (SSSR count). The molecule has 0 radical (unpaired) electrons. The van der Waals surface area contributed by atoms with Gasteiger partial charge in [-0.15, -0.1) is 0 Å². The molecule has 0 aliphatic carbocycles. The zero-order valence-corrected chi connectivity index (χ0v) is 34.5. The van der Waals surface area contributed by atoms with Gasteiger partial charge in [0.05, 0.1) is 55.5 Å². The van der Waals surface area contributed by atoms with Gasteiger partial charge in [-0.05, 0) is 91.0 Å². The predicted octanol–water partition coefficient (Wildman–Crippen LogP) is 14.5. The van der Waals surface area contributed by atoms with Crippen LogP contribution in [0.1, 0.15) is 0 Å². The molecule has 8 aromatic carbocycles. The average Bonchev–Trinajstić information content (AvgIpc) is 4.08. The van der Waals surface area contributed by atoms with Crippen LogP contribution in [0, 0.1) is 0 Å². The van der Waals surface area contributed by atoms with Crippen LogP contribution >= 0.6 is 0 Å². The smallest absolute Gasteiger partial charge is 0.138 e. The Morgan fingerprint density at radius 3 is 1.25 bits per heavy atom. The molecular weight excluding hydrogens is 781 g/mol. The van der Waals surface area contributed by atoms with Gasteiger partial charge in [0.15, 0.2) is 0 Å². The van der Waals surface area contributed by atoms with Crippen LogP contribution in [0.2, 0.25) is 0 Å². The molecule has 6 heterocycles. The molecule has 0 saturated heterocycles. The minimum absolute atomic E-state index is 0.804. The molecule has 64 heavy (non-hydrogen) atoms. The molecule has 6 aromatic heterocycles. The molecular formula is C58H36N6. The fourth-order valence-electron chi connectivity index (χ4n) is 10.5. The Hall–Kier alpha value is -8.74. The van der Waals surface area contributed by atoms with E-state index in [-0.39, 0.29) is 0 Å². The second-order valence-electron chi connectivity index (χ2n) is 16.6. The van der Waals surface area contributed by atoms with Crippen molar-refractivity contribution in [1.82, 2.24) is 28.2 Å². The highest BCUT2D eigenvalue weighted by atomic mass is 15.1. The molecule has 0 amide bonds. The van der Waals surface area contributed by atoms with Crippen molar-refractivity contribution >= 4 is 87.2 Å². The fourth-order valence-corrected chi connectivity index (χ4v) is 10.5. The van der Waals surface area contributed by atoms with Crippen molar-refractivity contribution in [1.29, 1.82) is 0 Å². The summed E-state index contributed by atoms with van der Waals surface area (Å²) in [6.45, 7) is 0. The van der Waals surface area contributed by atoms with Crippen molar-refractivity contribution in [3.63, 3.8) is 0 Å². The van der Waals surface area contributed by atoms with Gasteiger partial charge in [0.2, 0.25) is 0 Å². The van der Waals surface area contributed by atoms with E-state index in [2.05, 4.69) is 237 Å². The molecule has 0 spiro atoms. The van der Waals surface area contributed by atoms with Crippen LogP contribution in [0.4, 0.5) is 0 Å². The number of hydrogen-bond acceptors (Lipinski definition) is 2. The summed E-state index contributed by atoms with van der Waals surface area (Å²) in [4.78, 5) is 10.9. The summed E-state index contributed by atoms with van der Waals surface area (Å²) < 4.78 is 9.44. The molecule has 0 N–H and O–H groups in total. The lowest BCUT2D eigenvalue weighted by molar-refractivity contribution is 1.06. The second-order valence-corrected chi connectivity index (χ2v) is 16.6. The Bertz CT molecular complexity index is 4190. The summed E-state index contributed by atoms with van der Waals surface area (Å²) in [5, 5.41) is 9.57. The van der Waals surface area contributed by atoms with Crippen LogP contribution in [0.15, 0.2) is 218 Å². The number of para-hydroxylation sites is 6. The third-order valence-electron chi connectivity index (χ3n) is 13.2. The minimum atomic E-state index is 0.804. The molecule has 6 heteroatoms. The second kappa shape index (κ2) is 13.4. The van der Waals surface area contributed by atoms with E-state index in [0.29, 0.717) is 0 Å². The number of fused-ring (bicyclic) bond motifs is 13. The topological polar surface area (TPSA) is 45.5 Å². The quantitative estimate of drug-likeness (QED) is 0.174. The van der Waals surface area contributed by atoms with E-state index < -0.39 is 0 Å². The van der Waals surface area contributed by atoms with Gasteiger partial charge in [-0.2, -0.15) is 0 Å². The SMILES string of the molecule is c1ccc(-n2c3ccccc3c3cc4c(cc32)c2ccccc2n4-c2cccc(-c3cccc(-n4c5ccccc5c5ccc6c(c7ccccc7n6-c6ccccc6)c54)n3)n2)cc1. The minimum Gasteiger partial charge on any atom is -0.309 e. The predicted molar refractivity (Wildman–Crippen MR) is 265 cm³/mol. The number of nitrogens with zero attached hydrogens (tertiary/aromatic N) is 6. The van der Waals surface area contributed by atoms with Crippen molar-refractivity contribution in [2.24, 2.45) is 0 Å². The normalized spacial score (nSPS) is 12.1. The third-order valence-corrected chi connectivity index (χ3v) is 13.2. The van der Waals surface area contributed by atoms with Gasteiger partial charge in [0.1, 0.15) is 11.6 Å². The number of rotatable bonds is 5. The Morgan fingerprint density at radius 2 is 0.672 bits per heavy atom. The van der Waals surface area contributed by atoms with Gasteiger partial charge >= 0.3 is 0 Å². The average molecular weight is 817 g/mol. The van der Waals surface area contributed by atoms with E-state index in [1.807, 2.05) is 0 Å². The van der Waals surface area contributed by atoms with Crippen molar-refractivity contribution in [2.75, 3.05) is 0 Å². The number of pyridine rings is 2. The summed E-state index contributed by atoms with van der Waals surface area (Å²) in [5.41, 5.74) is 13.0. The largest absolute Gasteiger partial charge is 0.309 e. The molecule has 0 saturated carbocycles. The first kappa shape index (κ1) is 34.9. The first-order valence-corrected chi connectivity index (χ1v) is 21.8. The summed E-state index contributed by atoms with van der Waals surface area (Å²) in [5.74, 6) is 1.68. The van der Waals surface area contributed by atoms with E-state index in [0.717, 1.165) is 62.0 Å². The van der Waals surface area contributed by atoms with Crippen LogP contribution in [0.5, 0.6) is 0 Å². The van der Waals surface area contributed by atoms with Gasteiger partial charge in [0, 0.05) is 54.5 Å². The van der Waals surface area contributed by atoms with Crippen LogP contribution in [0.25, 0.3) is 122 Å². The molecule has 0 fully saturated rings. The van der Waals surface area contributed by atoms with Crippen molar-refractivity contribution in [2.45, 2.75) is 0 Å². The van der Waals surface area contributed by atoms with E-state index >= 15 is 0 Å². The summed E-state index contributed by atoms with van der Waals surface area (Å²) in [7, 11) is 0. The van der Waals surface area contributed by atoms with Gasteiger partial charge in [-0.3, -0.25) is 9.13 Å². The lowest BCUT2D eigenvalue weighted by atomic mass is 10.1. The standard InChI is InChI=1S/C58H36N6/c1-3-17-37(18-4-1)61-51-30-14-10-24-43(51)57-52(61)34-33-42-39-21-7-13-29-50(39)64(58(42)57)56-32-16-26-47(60-56)46-25-15-31-55(59-46)63-49-28-12-9-23-41(49)45-35-53-44(36-54(45)63)40-22-8-11-27-48(40)62(53)38-19-5-2-6-20-38/h1-36H. The molecule has 0 unspecified atom stereocenters. The maximum absolute atomic E-state index is 5.47. The van der Waals surface area contributed by atoms with E-state index in [9.17, 15) is 0 Å². The van der Waals surface area contributed by atoms with E-state index in [4.69, 9.17) is 9.97 Å². The first-order chi connectivity index (χ1) is 31.8. The molecule has 0 aliphatic heterocycles. The Morgan fingerprint density at radius 1 is 0.250 bits per heavy atom. The van der Waals surface area contributed by atoms with Gasteiger partial charge < -0.3 is 9.13 Å². The van der Waals surface area contributed by atoms with Crippen LogP contribution in [-0.4, -0.2) is 28.2 Å². The molecule has 0 atom stereocenters. The molecule has 6 nitrogen and oxygen atoms in total. The number of benzene rings is 8. The van der Waals surface area contributed by atoms with Crippen LogP contribution in [0.3, 0.4) is 0 Å². The van der Waals surface area contributed by atoms with Gasteiger partial charge in [-0.1, -0.05) is 127 Å². The first-order valence-electron chi connectivity index (χ1n) is 21.8. The van der Waals surface area contributed by atoms with Gasteiger partial charge in [0.25, 0.3) is 0 Å². The van der Waals surface area contributed by atoms with Crippen LogP contribution < -0.4 is 0 Å². The Balaban J connectivity index is 0.978. The lowest BCUT2D eigenvalue weighted by Crippen LogP contribution is -2.01. The lowest BCUT2D eigenvalue weighted by Gasteiger charge is -2.12. The van der Waals surface area contributed by atoms with Crippen molar-refractivity contribution in [3.05, 3.63) is 218 Å². The highest BCUT2D eigenvalue weighted by molar-refractivity contribution is 6.26. The zero-order valence-electron chi connectivity index (χ0n) is 34.5. The van der Waals surface area contributed by atoms with Crippen molar-refractivity contribution in [3.8, 4) is 34.4 Å². The van der Waals surface area contributed by atoms with E-state index in [1.54, 1.807) is 0 Å². The summed E-state index contributed by atoms with van der Waals surface area (Å²) >= 11 is 0. The third kappa shape index (κ3) is 4.90. The molecule has 14 aromatic rings. The summed E-state index contributed by atoms with van der Waals surface area (Å²) in [6.07, 6.45) is 0. The monoisotopic (exact) mass is 816 g/mol. The molecule has 0 aliphatic rings. The zero-order chi connectivity index (χ0) is 41.9. The van der Waals surface area contributed by atoms with Crippen molar-refractivity contribution < 1.29 is 0 Å². The Kier molecular flexibility index (Phi) is 7.30. The fraction of sp³-hybridized carbons (Fsp3) is 0. The molecule has 298 valence electrons. The highest BCUT2D eigenvalue weighted by Crippen LogP contribution is 2.43. The Labute approximate surface area is 366 Å². The van der Waals surface area contributed by atoms with Gasteiger partial charge in [-0.25, -0.2) is 9.97 Å². The van der Waals surface area contributed by atoms with E-state index in [1.165, 1.54) is 59.6 Å². The van der Waals surface area contributed by atoms with Crippen LogP contribution in [-0.2, 0) is 0 Å².